The standard InChI is InChI=1S/C16H31FN2/c1-2-16(17)4-3-14-7-11-19(12-8-14)13-15-5-9-18-10-6-15/h14-16,18H,2-13H2,1H3. The van der Waals surface area contributed by atoms with Crippen molar-refractivity contribution in [2.45, 2.75) is 58.0 Å². The van der Waals surface area contributed by atoms with Crippen molar-refractivity contribution < 1.29 is 4.39 Å². The van der Waals surface area contributed by atoms with Crippen molar-refractivity contribution in [1.29, 1.82) is 0 Å². The highest BCUT2D eigenvalue weighted by atomic mass is 19.1. The van der Waals surface area contributed by atoms with Crippen LogP contribution in [0.5, 0.6) is 0 Å². The predicted molar refractivity (Wildman–Crippen MR) is 79.2 cm³/mol. The van der Waals surface area contributed by atoms with E-state index in [1.807, 2.05) is 6.92 Å². The smallest absolute Gasteiger partial charge is 0.0999 e. The molecule has 0 amide bonds. The third kappa shape index (κ3) is 5.39. The summed E-state index contributed by atoms with van der Waals surface area (Å²) in [7, 11) is 0. The molecule has 0 aromatic carbocycles. The van der Waals surface area contributed by atoms with Crippen molar-refractivity contribution in [3.05, 3.63) is 0 Å². The number of hydrogen-bond donors (Lipinski definition) is 1. The molecule has 3 heteroatoms. The van der Waals surface area contributed by atoms with Crippen molar-refractivity contribution in [3.63, 3.8) is 0 Å². The number of nitrogens with zero attached hydrogens (tertiary/aromatic N) is 1. The number of rotatable bonds is 6. The molecule has 19 heavy (non-hydrogen) atoms. The zero-order chi connectivity index (χ0) is 13.5. The number of hydrogen-bond acceptors (Lipinski definition) is 2. The van der Waals surface area contributed by atoms with Gasteiger partial charge < -0.3 is 10.2 Å². The minimum Gasteiger partial charge on any atom is -0.317 e. The van der Waals surface area contributed by atoms with E-state index in [0.717, 1.165) is 24.7 Å². The van der Waals surface area contributed by atoms with E-state index in [9.17, 15) is 4.39 Å². The van der Waals surface area contributed by atoms with E-state index in [0.29, 0.717) is 6.42 Å². The molecule has 1 atom stereocenters. The highest BCUT2D eigenvalue weighted by Gasteiger charge is 2.23. The molecule has 0 bridgehead atoms. The maximum absolute atomic E-state index is 13.3. The van der Waals surface area contributed by atoms with Crippen molar-refractivity contribution in [3.8, 4) is 0 Å². The first-order valence-electron chi connectivity index (χ1n) is 8.35. The molecule has 0 saturated carbocycles. The first-order chi connectivity index (χ1) is 9.28. The van der Waals surface area contributed by atoms with Crippen LogP contribution in [-0.2, 0) is 0 Å². The monoisotopic (exact) mass is 270 g/mol. The Morgan fingerprint density at radius 1 is 1.11 bits per heavy atom. The fourth-order valence-electron chi connectivity index (χ4n) is 3.51. The molecule has 2 fully saturated rings. The highest BCUT2D eigenvalue weighted by Crippen LogP contribution is 2.25. The van der Waals surface area contributed by atoms with Gasteiger partial charge in [0.2, 0.25) is 0 Å². The quantitative estimate of drug-likeness (QED) is 0.797. The largest absolute Gasteiger partial charge is 0.317 e. The summed E-state index contributed by atoms with van der Waals surface area (Å²) in [6.45, 7) is 8.16. The van der Waals surface area contributed by atoms with E-state index in [1.54, 1.807) is 0 Å². The van der Waals surface area contributed by atoms with Crippen molar-refractivity contribution in [2.24, 2.45) is 11.8 Å². The lowest BCUT2D eigenvalue weighted by Gasteiger charge is -2.35. The lowest BCUT2D eigenvalue weighted by molar-refractivity contribution is 0.139. The van der Waals surface area contributed by atoms with Gasteiger partial charge in [-0.2, -0.15) is 0 Å². The molecule has 0 aromatic rings. The van der Waals surface area contributed by atoms with E-state index < -0.39 is 6.17 Å². The summed E-state index contributed by atoms with van der Waals surface area (Å²) in [6, 6.07) is 0. The molecular weight excluding hydrogens is 239 g/mol. The van der Waals surface area contributed by atoms with Gasteiger partial charge in [-0.3, -0.25) is 0 Å². The van der Waals surface area contributed by atoms with Crippen LogP contribution in [-0.4, -0.2) is 43.8 Å². The molecule has 0 aromatic heterocycles. The maximum Gasteiger partial charge on any atom is 0.0999 e. The van der Waals surface area contributed by atoms with Crippen LogP contribution in [0.3, 0.4) is 0 Å². The van der Waals surface area contributed by atoms with Crippen LogP contribution >= 0.6 is 0 Å². The molecule has 2 aliphatic rings. The normalized spacial score (nSPS) is 25.6. The molecule has 112 valence electrons. The fourth-order valence-corrected chi connectivity index (χ4v) is 3.51. The Balaban J connectivity index is 1.59. The number of piperidine rings is 2. The third-order valence-corrected chi connectivity index (χ3v) is 5.01. The van der Waals surface area contributed by atoms with E-state index in [2.05, 4.69) is 10.2 Å². The van der Waals surface area contributed by atoms with E-state index in [4.69, 9.17) is 0 Å². The first-order valence-corrected chi connectivity index (χ1v) is 8.35. The summed E-state index contributed by atoms with van der Waals surface area (Å²) in [5.41, 5.74) is 0. The minimum atomic E-state index is -0.562. The number of likely N-dealkylation sites (tertiary alicyclic amines) is 1. The molecule has 2 heterocycles. The van der Waals surface area contributed by atoms with Gasteiger partial charge in [0.25, 0.3) is 0 Å². The zero-order valence-electron chi connectivity index (χ0n) is 12.5. The SMILES string of the molecule is CCC(F)CCC1CCN(CC2CCNCC2)CC1. The number of halogens is 1. The summed E-state index contributed by atoms with van der Waals surface area (Å²) >= 11 is 0. The first kappa shape index (κ1) is 15.2. The Morgan fingerprint density at radius 3 is 2.42 bits per heavy atom. The molecule has 0 aliphatic carbocycles. The Hall–Kier alpha value is -0.150. The summed E-state index contributed by atoms with van der Waals surface area (Å²) in [5, 5.41) is 3.44. The summed E-state index contributed by atoms with van der Waals surface area (Å²) in [6.07, 6.45) is 7.30. The number of nitrogens with one attached hydrogen (secondary N) is 1. The Kier molecular flexibility index (Phi) is 6.58. The molecule has 2 aliphatic heterocycles. The van der Waals surface area contributed by atoms with Gasteiger partial charge in [0.1, 0.15) is 0 Å². The van der Waals surface area contributed by atoms with Gasteiger partial charge in [0.15, 0.2) is 0 Å². The minimum absolute atomic E-state index is 0.562. The van der Waals surface area contributed by atoms with E-state index in [-0.39, 0.29) is 0 Å². The maximum atomic E-state index is 13.3. The van der Waals surface area contributed by atoms with Crippen LogP contribution in [0.15, 0.2) is 0 Å². The summed E-state index contributed by atoms with van der Waals surface area (Å²) in [4.78, 5) is 2.65. The van der Waals surface area contributed by atoms with Crippen molar-refractivity contribution in [2.75, 3.05) is 32.7 Å². The van der Waals surface area contributed by atoms with Crippen molar-refractivity contribution >= 4 is 0 Å². The third-order valence-electron chi connectivity index (χ3n) is 5.01. The molecular formula is C16H31FN2. The lowest BCUT2D eigenvalue weighted by Crippen LogP contribution is -2.40. The van der Waals surface area contributed by atoms with Gasteiger partial charge in [0, 0.05) is 6.54 Å². The van der Waals surface area contributed by atoms with E-state index >= 15 is 0 Å². The summed E-state index contributed by atoms with van der Waals surface area (Å²) in [5.74, 6) is 1.70. The van der Waals surface area contributed by atoms with E-state index in [1.165, 1.54) is 58.4 Å². The Morgan fingerprint density at radius 2 is 1.79 bits per heavy atom. The Labute approximate surface area is 118 Å². The molecule has 0 spiro atoms. The van der Waals surface area contributed by atoms with Crippen LogP contribution in [0.1, 0.15) is 51.9 Å². The van der Waals surface area contributed by atoms with Crippen LogP contribution in [0, 0.1) is 11.8 Å². The fraction of sp³-hybridized carbons (Fsp3) is 1.00. The van der Waals surface area contributed by atoms with Gasteiger partial charge in [-0.25, -0.2) is 4.39 Å². The molecule has 0 radical (unpaired) electrons. The second-order valence-corrected chi connectivity index (χ2v) is 6.52. The zero-order valence-corrected chi connectivity index (χ0v) is 12.5. The van der Waals surface area contributed by atoms with Crippen LogP contribution in [0.2, 0.25) is 0 Å². The second-order valence-electron chi connectivity index (χ2n) is 6.52. The highest BCUT2D eigenvalue weighted by molar-refractivity contribution is 4.77. The van der Waals surface area contributed by atoms with Gasteiger partial charge in [-0.05, 0) is 83.0 Å². The van der Waals surface area contributed by atoms with Gasteiger partial charge >= 0.3 is 0 Å². The molecule has 2 nitrogen and oxygen atoms in total. The average Bonchev–Trinajstić information content (AvgIpc) is 2.47. The lowest BCUT2D eigenvalue weighted by atomic mass is 9.89. The van der Waals surface area contributed by atoms with Gasteiger partial charge in [-0.15, -0.1) is 0 Å². The number of alkyl halides is 1. The molecule has 2 rings (SSSR count). The molecule has 1 unspecified atom stereocenters. The van der Waals surface area contributed by atoms with Gasteiger partial charge in [0.05, 0.1) is 6.17 Å². The van der Waals surface area contributed by atoms with Crippen molar-refractivity contribution in [1.82, 2.24) is 10.2 Å². The van der Waals surface area contributed by atoms with Crippen LogP contribution in [0.4, 0.5) is 4.39 Å². The van der Waals surface area contributed by atoms with Gasteiger partial charge in [-0.1, -0.05) is 6.92 Å². The molecule has 1 N–H and O–H groups in total. The predicted octanol–water partition coefficient (Wildman–Crippen LogP) is 3.23. The van der Waals surface area contributed by atoms with Crippen LogP contribution < -0.4 is 5.32 Å². The summed E-state index contributed by atoms with van der Waals surface area (Å²) < 4.78 is 13.3. The second kappa shape index (κ2) is 8.21. The molecule has 2 saturated heterocycles. The Bertz CT molecular complexity index is 233. The van der Waals surface area contributed by atoms with Crippen LogP contribution in [0.25, 0.3) is 0 Å². The average molecular weight is 270 g/mol. The topological polar surface area (TPSA) is 15.3 Å².